The molecular formula is C24H32F3N7O9. The van der Waals surface area contributed by atoms with Crippen molar-refractivity contribution in [2.45, 2.75) is 19.0 Å². The van der Waals surface area contributed by atoms with E-state index in [1.807, 2.05) is 0 Å². The number of carboxylic acid groups (broad SMARTS) is 1. The van der Waals surface area contributed by atoms with Gasteiger partial charge in [0.25, 0.3) is 11.8 Å². The summed E-state index contributed by atoms with van der Waals surface area (Å²) in [6, 6.07) is 0. The number of alkyl halides is 3. The second kappa shape index (κ2) is 16.2. The standard InChI is InChI=1S/C22H31N7O7.C2HF3O2/c30-16(2-1-7-29-18(32)3-4-19(29)33)24-14-17(31)25-15-20(34)26-10-12-28(13-11-26)22(36)21(35)27-8-5-23-6-9-27;3-2(4,5)1(6)7/h3-4,23H,1-2,5-15H2,(H,24,30)(H,25,31);(H,6,7)/i14+1,15+1,17+1,20+1,24+1;. The lowest BCUT2D eigenvalue weighted by Gasteiger charge is -2.36. The molecule has 238 valence electrons. The molecule has 0 saturated carbocycles. The first-order chi connectivity index (χ1) is 20.2. The highest BCUT2D eigenvalue weighted by molar-refractivity contribution is 6.35. The van der Waals surface area contributed by atoms with Crippen LogP contribution < -0.4 is 16.0 Å². The SMILES string of the molecule is O=C(CCCN1C(=O)C=CC1=O)[15NH][13CH2][13C](=O)N[13CH2][13C](=O)N1CCN(C(=O)C(=O)N2CCNCC2)CC1.O=C(O)C(F)(F)F. The minimum atomic E-state index is -5.08. The summed E-state index contributed by atoms with van der Waals surface area (Å²) in [6.45, 7) is 2.79. The first-order valence-corrected chi connectivity index (χ1v) is 13.1. The number of amides is 7. The van der Waals surface area contributed by atoms with Crippen LogP contribution in [0.3, 0.4) is 0 Å². The maximum atomic E-state index is 12.5. The first-order valence-electron chi connectivity index (χ1n) is 13.1. The maximum absolute atomic E-state index is 12.5. The predicted octanol–water partition coefficient (Wildman–Crippen LogP) is -3.34. The predicted molar refractivity (Wildman–Crippen MR) is 137 cm³/mol. The van der Waals surface area contributed by atoms with E-state index < -0.39 is 47.6 Å². The Labute approximate surface area is 243 Å². The van der Waals surface area contributed by atoms with E-state index in [1.165, 1.54) is 26.9 Å². The first kappa shape index (κ1) is 34.7. The second-order valence-corrected chi connectivity index (χ2v) is 9.34. The van der Waals surface area contributed by atoms with E-state index in [2.05, 4.69) is 16.0 Å². The molecular weight excluding hydrogens is 592 g/mol. The van der Waals surface area contributed by atoms with Crippen LogP contribution in [-0.4, -0.2) is 150 Å². The summed E-state index contributed by atoms with van der Waals surface area (Å²) in [6.07, 6.45) is -2.45. The molecule has 0 aliphatic carbocycles. The summed E-state index contributed by atoms with van der Waals surface area (Å²) < 4.78 is 31.7. The Bertz CT molecular complexity index is 1110. The van der Waals surface area contributed by atoms with Crippen molar-refractivity contribution < 1.29 is 56.6 Å². The fraction of sp³-hybridized carbons (Fsp3) is 0.583. The van der Waals surface area contributed by atoms with Crippen LogP contribution in [0.1, 0.15) is 12.8 Å². The third kappa shape index (κ3) is 11.3. The summed E-state index contributed by atoms with van der Waals surface area (Å²) in [4.78, 5) is 98.4. The van der Waals surface area contributed by atoms with Crippen molar-refractivity contribution in [3.8, 4) is 0 Å². The number of carbonyl (C=O) groups excluding carboxylic acids is 7. The van der Waals surface area contributed by atoms with Crippen molar-refractivity contribution in [2.75, 3.05) is 72.0 Å². The lowest BCUT2D eigenvalue weighted by Crippen LogP contribution is -2.57. The number of piperazine rings is 2. The van der Waals surface area contributed by atoms with Crippen LogP contribution in [0.4, 0.5) is 13.2 Å². The van der Waals surface area contributed by atoms with E-state index in [0.29, 0.717) is 26.2 Å². The van der Waals surface area contributed by atoms with Crippen LogP contribution in [0, 0.1) is 0 Å². The Hall–Kier alpha value is -4.55. The average molecular weight is 625 g/mol. The Morgan fingerprint density at radius 1 is 0.767 bits per heavy atom. The van der Waals surface area contributed by atoms with Gasteiger partial charge >= 0.3 is 24.0 Å². The normalized spacial score (nSPS) is 16.8. The Morgan fingerprint density at radius 3 is 1.74 bits per heavy atom. The molecule has 3 aliphatic heterocycles. The fourth-order valence-corrected chi connectivity index (χ4v) is 3.96. The van der Waals surface area contributed by atoms with Crippen LogP contribution in [0.25, 0.3) is 0 Å². The number of halogens is 3. The van der Waals surface area contributed by atoms with Crippen molar-refractivity contribution in [3.63, 3.8) is 0 Å². The molecule has 43 heavy (non-hydrogen) atoms. The van der Waals surface area contributed by atoms with Crippen molar-refractivity contribution in [2.24, 2.45) is 0 Å². The molecule has 0 unspecified atom stereocenters. The largest absolute Gasteiger partial charge is 0.490 e. The van der Waals surface area contributed by atoms with Crippen LogP contribution in [0.5, 0.6) is 0 Å². The Morgan fingerprint density at radius 2 is 1.23 bits per heavy atom. The van der Waals surface area contributed by atoms with E-state index in [0.717, 1.165) is 4.90 Å². The average Bonchev–Trinajstić information content (AvgIpc) is 3.30. The number of carbonyl (C=O) groups is 8. The van der Waals surface area contributed by atoms with Gasteiger partial charge in [-0.2, -0.15) is 13.2 Å². The molecule has 16 nitrogen and oxygen atoms in total. The molecule has 0 atom stereocenters. The number of hydrogen-bond acceptors (Lipinski definition) is 9. The van der Waals surface area contributed by atoms with Gasteiger partial charge in [0.05, 0.1) is 13.1 Å². The van der Waals surface area contributed by atoms with E-state index in [1.54, 1.807) is 0 Å². The van der Waals surface area contributed by atoms with Crippen LogP contribution in [0.15, 0.2) is 12.2 Å². The van der Waals surface area contributed by atoms with Gasteiger partial charge in [-0.3, -0.25) is 38.5 Å². The molecule has 0 spiro atoms. The molecule has 0 bridgehead atoms. The van der Waals surface area contributed by atoms with Crippen molar-refractivity contribution in [1.82, 2.24) is 35.6 Å². The lowest BCUT2D eigenvalue weighted by atomic mass is 10.3. The van der Waals surface area contributed by atoms with Crippen LogP contribution in [-0.2, 0) is 38.4 Å². The number of carboxylic acids is 1. The summed E-state index contributed by atoms with van der Waals surface area (Å²) in [5.41, 5.74) is 0. The molecule has 2 fully saturated rings. The summed E-state index contributed by atoms with van der Waals surface area (Å²) in [7, 11) is 0. The third-order valence-electron chi connectivity index (χ3n) is 6.32. The molecule has 0 aromatic heterocycles. The molecule has 0 radical (unpaired) electrons. The zero-order chi connectivity index (χ0) is 32.2. The molecule has 3 aliphatic rings. The third-order valence-corrected chi connectivity index (χ3v) is 6.32. The van der Waals surface area contributed by atoms with Gasteiger partial charge in [-0.25, -0.2) is 4.79 Å². The number of aliphatic carboxylic acids is 1. The van der Waals surface area contributed by atoms with E-state index in [4.69, 9.17) is 9.90 Å². The smallest absolute Gasteiger partial charge is 0.475 e. The Kier molecular flexibility index (Phi) is 13.0. The molecule has 4 N–H and O–H groups in total. The second-order valence-electron chi connectivity index (χ2n) is 9.34. The summed E-state index contributed by atoms with van der Waals surface area (Å²) >= 11 is 0. The van der Waals surface area contributed by atoms with E-state index in [-0.39, 0.29) is 64.6 Å². The van der Waals surface area contributed by atoms with E-state index in [9.17, 15) is 46.7 Å². The van der Waals surface area contributed by atoms with Gasteiger partial charge in [-0.15, -0.1) is 0 Å². The molecule has 7 amide bonds. The lowest BCUT2D eigenvalue weighted by molar-refractivity contribution is -0.192. The van der Waals surface area contributed by atoms with Crippen molar-refractivity contribution in [3.05, 3.63) is 12.2 Å². The summed E-state index contributed by atoms with van der Waals surface area (Å²) in [5.74, 6) is -5.97. The van der Waals surface area contributed by atoms with Gasteiger partial charge in [0.15, 0.2) is 0 Å². The number of imide groups is 1. The Balaban J connectivity index is 0.000000821. The maximum Gasteiger partial charge on any atom is 0.490 e. The van der Waals surface area contributed by atoms with Gasteiger partial charge in [-0.05, 0) is 6.42 Å². The van der Waals surface area contributed by atoms with Crippen molar-refractivity contribution in [1.29, 1.82) is 0 Å². The van der Waals surface area contributed by atoms with Gasteiger partial charge in [0, 0.05) is 77.5 Å². The monoisotopic (exact) mass is 624 g/mol. The molecule has 19 heteroatoms. The highest BCUT2D eigenvalue weighted by Gasteiger charge is 2.38. The summed E-state index contributed by atoms with van der Waals surface area (Å²) in [5, 5.41) is 15.1. The molecule has 3 heterocycles. The molecule has 2 saturated heterocycles. The van der Waals surface area contributed by atoms with E-state index >= 15 is 0 Å². The fourth-order valence-electron chi connectivity index (χ4n) is 3.96. The topological polar surface area (TPSA) is 206 Å². The molecule has 3 rings (SSSR count). The number of nitrogens with one attached hydrogen (secondary N) is 3. The minimum Gasteiger partial charge on any atom is -0.475 e. The quantitative estimate of drug-likeness (QED) is 0.0914. The number of nitrogens with zero attached hydrogens (tertiary/aromatic N) is 4. The van der Waals surface area contributed by atoms with Crippen molar-refractivity contribution >= 4 is 47.3 Å². The highest BCUT2D eigenvalue weighted by atomic mass is 19.4. The minimum absolute atomic E-state index is 0.0312. The molecule has 0 aromatic rings. The van der Waals surface area contributed by atoms with Gasteiger partial charge < -0.3 is 35.8 Å². The zero-order valence-electron chi connectivity index (χ0n) is 23.0. The highest BCUT2D eigenvalue weighted by Crippen LogP contribution is 2.13. The number of rotatable bonds is 8. The zero-order valence-corrected chi connectivity index (χ0v) is 23.0. The van der Waals surface area contributed by atoms with Gasteiger partial charge in [0.2, 0.25) is 17.7 Å². The number of hydrogen-bond donors (Lipinski definition) is 4. The van der Waals surface area contributed by atoms with Crippen LogP contribution >= 0.6 is 0 Å². The molecule has 0 aromatic carbocycles. The van der Waals surface area contributed by atoms with Gasteiger partial charge in [-0.1, -0.05) is 0 Å². The van der Waals surface area contributed by atoms with Gasteiger partial charge in [0.1, 0.15) is 0 Å². The van der Waals surface area contributed by atoms with Crippen LogP contribution in [0.2, 0.25) is 0 Å².